The number of hydrogen-bond donors (Lipinski definition) is 0. The van der Waals surface area contributed by atoms with Gasteiger partial charge in [-0.2, -0.15) is 0 Å². The Morgan fingerprint density at radius 3 is 2.78 bits per heavy atom. The van der Waals surface area contributed by atoms with Gasteiger partial charge in [0.25, 0.3) is 0 Å². The molecule has 2 amide bonds. The van der Waals surface area contributed by atoms with Gasteiger partial charge in [-0.15, -0.1) is 0 Å². The van der Waals surface area contributed by atoms with Gasteiger partial charge in [0, 0.05) is 52.4 Å². The van der Waals surface area contributed by atoms with E-state index < -0.39 is 0 Å². The molecule has 3 heterocycles. The highest BCUT2D eigenvalue weighted by atomic mass is 16.5. The lowest BCUT2D eigenvalue weighted by Gasteiger charge is -2.39. The van der Waals surface area contributed by atoms with Gasteiger partial charge >= 0.3 is 0 Å². The SMILES string of the molecule is COCCN1CC(C(=O)N2CCC3(CCOCC3)C2C)CC1=O. The maximum absolute atomic E-state index is 12.9. The van der Waals surface area contributed by atoms with Crippen molar-refractivity contribution in [2.24, 2.45) is 11.3 Å². The molecule has 3 rings (SSSR count). The molecule has 0 radical (unpaired) electrons. The van der Waals surface area contributed by atoms with Crippen LogP contribution in [0, 0.1) is 11.3 Å². The Balaban J connectivity index is 1.61. The Hall–Kier alpha value is -1.14. The summed E-state index contributed by atoms with van der Waals surface area (Å²) in [6.45, 7) is 6.25. The second kappa shape index (κ2) is 6.77. The smallest absolute Gasteiger partial charge is 0.228 e. The minimum Gasteiger partial charge on any atom is -0.383 e. The first-order chi connectivity index (χ1) is 11.1. The lowest BCUT2D eigenvalue weighted by molar-refractivity contribution is -0.138. The van der Waals surface area contributed by atoms with E-state index in [4.69, 9.17) is 9.47 Å². The molecule has 0 bridgehead atoms. The Bertz CT molecular complexity index is 462. The lowest BCUT2D eigenvalue weighted by Crippen LogP contribution is -2.45. The zero-order valence-electron chi connectivity index (χ0n) is 14.3. The van der Waals surface area contributed by atoms with Crippen molar-refractivity contribution in [3.05, 3.63) is 0 Å². The van der Waals surface area contributed by atoms with Crippen molar-refractivity contribution in [1.82, 2.24) is 9.80 Å². The van der Waals surface area contributed by atoms with Crippen molar-refractivity contribution >= 4 is 11.8 Å². The average Bonchev–Trinajstić information content (AvgIpc) is 3.08. The number of amides is 2. The molecule has 3 fully saturated rings. The molecule has 2 atom stereocenters. The summed E-state index contributed by atoms with van der Waals surface area (Å²) in [5, 5.41) is 0. The van der Waals surface area contributed by atoms with E-state index in [0.717, 1.165) is 39.0 Å². The minimum atomic E-state index is -0.184. The summed E-state index contributed by atoms with van der Waals surface area (Å²) in [6.07, 6.45) is 3.50. The van der Waals surface area contributed by atoms with Crippen molar-refractivity contribution in [2.75, 3.05) is 46.6 Å². The first-order valence-electron chi connectivity index (χ1n) is 8.72. The molecule has 6 heteroatoms. The van der Waals surface area contributed by atoms with Crippen LogP contribution in [0.4, 0.5) is 0 Å². The van der Waals surface area contributed by atoms with Crippen molar-refractivity contribution in [3.8, 4) is 0 Å². The Kier molecular flexibility index (Phi) is 4.92. The van der Waals surface area contributed by atoms with Gasteiger partial charge in [0.1, 0.15) is 0 Å². The molecule has 2 unspecified atom stereocenters. The van der Waals surface area contributed by atoms with Gasteiger partial charge in [-0.25, -0.2) is 0 Å². The van der Waals surface area contributed by atoms with Crippen LogP contribution < -0.4 is 0 Å². The fourth-order valence-corrected chi connectivity index (χ4v) is 4.41. The molecule has 0 saturated carbocycles. The number of rotatable bonds is 4. The fourth-order valence-electron chi connectivity index (χ4n) is 4.41. The van der Waals surface area contributed by atoms with E-state index in [-0.39, 0.29) is 29.2 Å². The number of likely N-dealkylation sites (tertiary alicyclic amines) is 2. The van der Waals surface area contributed by atoms with E-state index in [9.17, 15) is 9.59 Å². The van der Waals surface area contributed by atoms with Crippen LogP contribution in [0.3, 0.4) is 0 Å². The van der Waals surface area contributed by atoms with Crippen LogP contribution in [0.25, 0.3) is 0 Å². The molecular weight excluding hydrogens is 296 g/mol. The van der Waals surface area contributed by atoms with Crippen LogP contribution >= 0.6 is 0 Å². The van der Waals surface area contributed by atoms with E-state index in [1.807, 2.05) is 4.90 Å². The van der Waals surface area contributed by atoms with Crippen molar-refractivity contribution < 1.29 is 19.1 Å². The predicted molar refractivity (Wildman–Crippen MR) is 84.8 cm³/mol. The van der Waals surface area contributed by atoms with Crippen LogP contribution in [-0.4, -0.2) is 74.2 Å². The summed E-state index contributed by atoms with van der Waals surface area (Å²) in [5.74, 6) is 0.0546. The van der Waals surface area contributed by atoms with Gasteiger partial charge < -0.3 is 19.3 Å². The average molecular weight is 324 g/mol. The van der Waals surface area contributed by atoms with E-state index in [1.165, 1.54) is 0 Å². The van der Waals surface area contributed by atoms with Crippen LogP contribution in [0.5, 0.6) is 0 Å². The van der Waals surface area contributed by atoms with E-state index in [2.05, 4.69) is 6.92 Å². The van der Waals surface area contributed by atoms with Crippen molar-refractivity contribution in [1.29, 1.82) is 0 Å². The molecular formula is C17H28N2O4. The third kappa shape index (κ3) is 3.11. The van der Waals surface area contributed by atoms with E-state index in [1.54, 1.807) is 12.0 Å². The summed E-state index contributed by atoms with van der Waals surface area (Å²) in [7, 11) is 1.63. The fraction of sp³-hybridized carbons (Fsp3) is 0.882. The number of methoxy groups -OCH3 is 1. The van der Waals surface area contributed by atoms with Gasteiger partial charge in [-0.05, 0) is 31.6 Å². The van der Waals surface area contributed by atoms with Gasteiger partial charge in [-0.3, -0.25) is 9.59 Å². The van der Waals surface area contributed by atoms with Crippen LogP contribution in [0.15, 0.2) is 0 Å². The Morgan fingerprint density at radius 2 is 2.09 bits per heavy atom. The maximum Gasteiger partial charge on any atom is 0.228 e. The number of carbonyl (C=O) groups is 2. The second-order valence-corrected chi connectivity index (χ2v) is 7.17. The monoisotopic (exact) mass is 324 g/mol. The topological polar surface area (TPSA) is 59.1 Å². The molecule has 0 aromatic carbocycles. The quantitative estimate of drug-likeness (QED) is 0.771. The van der Waals surface area contributed by atoms with Gasteiger partial charge in [0.2, 0.25) is 11.8 Å². The third-order valence-corrected chi connectivity index (χ3v) is 6.11. The van der Waals surface area contributed by atoms with Gasteiger partial charge in [-0.1, -0.05) is 0 Å². The molecule has 0 aromatic rings. The summed E-state index contributed by atoms with van der Waals surface area (Å²) in [5.41, 5.74) is 0.228. The third-order valence-electron chi connectivity index (χ3n) is 6.11. The molecule has 130 valence electrons. The van der Waals surface area contributed by atoms with Crippen LogP contribution in [0.1, 0.15) is 32.6 Å². The highest BCUT2D eigenvalue weighted by molar-refractivity contribution is 5.89. The van der Waals surface area contributed by atoms with E-state index >= 15 is 0 Å². The normalized spacial score (nSPS) is 30.4. The lowest BCUT2D eigenvalue weighted by atomic mass is 9.74. The molecule has 6 nitrogen and oxygen atoms in total. The number of ether oxygens (including phenoxy) is 2. The van der Waals surface area contributed by atoms with E-state index in [0.29, 0.717) is 26.1 Å². The first-order valence-corrected chi connectivity index (χ1v) is 8.72. The number of nitrogens with zero attached hydrogens (tertiary/aromatic N) is 2. The van der Waals surface area contributed by atoms with Crippen LogP contribution in [0.2, 0.25) is 0 Å². The first kappa shape index (κ1) is 16.7. The minimum absolute atomic E-state index is 0.0769. The second-order valence-electron chi connectivity index (χ2n) is 7.17. The summed E-state index contributed by atoms with van der Waals surface area (Å²) >= 11 is 0. The Morgan fingerprint density at radius 1 is 1.35 bits per heavy atom. The highest BCUT2D eigenvalue weighted by Gasteiger charge is 2.49. The zero-order chi connectivity index (χ0) is 16.4. The van der Waals surface area contributed by atoms with Crippen LogP contribution in [-0.2, 0) is 19.1 Å². The number of carbonyl (C=O) groups excluding carboxylic acids is 2. The molecule has 3 aliphatic rings. The molecule has 1 spiro atoms. The molecule has 0 aliphatic carbocycles. The predicted octanol–water partition coefficient (Wildman–Crippen LogP) is 0.899. The van der Waals surface area contributed by atoms with Gasteiger partial charge in [0.15, 0.2) is 0 Å². The summed E-state index contributed by atoms with van der Waals surface area (Å²) < 4.78 is 10.5. The molecule has 0 N–H and O–H groups in total. The molecule has 3 saturated heterocycles. The molecule has 3 aliphatic heterocycles. The zero-order valence-corrected chi connectivity index (χ0v) is 14.3. The highest BCUT2D eigenvalue weighted by Crippen LogP contribution is 2.45. The summed E-state index contributed by atoms with van der Waals surface area (Å²) in [4.78, 5) is 28.8. The maximum atomic E-state index is 12.9. The molecule has 23 heavy (non-hydrogen) atoms. The number of hydrogen-bond acceptors (Lipinski definition) is 4. The van der Waals surface area contributed by atoms with Crippen molar-refractivity contribution in [3.63, 3.8) is 0 Å². The van der Waals surface area contributed by atoms with Crippen molar-refractivity contribution in [2.45, 2.75) is 38.6 Å². The van der Waals surface area contributed by atoms with Gasteiger partial charge in [0.05, 0.1) is 12.5 Å². The largest absolute Gasteiger partial charge is 0.383 e. The molecule has 0 aromatic heterocycles. The standard InChI is InChI=1S/C17H28N2O4/c1-13-17(4-8-23-9-5-17)3-6-19(13)16(21)14-11-15(20)18(12-14)7-10-22-2/h13-14H,3-12H2,1-2H3. The Labute approximate surface area is 138 Å². The summed E-state index contributed by atoms with van der Waals surface area (Å²) in [6, 6.07) is 0.252.